The minimum absolute atomic E-state index is 0.0453. The van der Waals surface area contributed by atoms with Gasteiger partial charge >= 0.3 is 0 Å². The van der Waals surface area contributed by atoms with Gasteiger partial charge in [0.15, 0.2) is 5.65 Å². The molecular weight excluding hydrogens is 838 g/mol. The van der Waals surface area contributed by atoms with Gasteiger partial charge in [0.25, 0.3) is 11.8 Å². The van der Waals surface area contributed by atoms with Crippen molar-refractivity contribution in [3.8, 4) is 11.4 Å². The van der Waals surface area contributed by atoms with Gasteiger partial charge in [0.2, 0.25) is 17.7 Å². The summed E-state index contributed by atoms with van der Waals surface area (Å²) >= 11 is 0. The highest BCUT2D eigenvalue weighted by Gasteiger charge is 2.45. The first kappa shape index (κ1) is 43.4. The highest BCUT2D eigenvalue weighted by molar-refractivity contribution is 6.25. The molecule has 0 aliphatic carbocycles. The van der Waals surface area contributed by atoms with Crippen molar-refractivity contribution < 1.29 is 37.8 Å². The zero-order valence-corrected chi connectivity index (χ0v) is 35.8. The van der Waals surface area contributed by atoms with Gasteiger partial charge in [-0.15, -0.1) is 5.10 Å². The number of piperazine rings is 1. The van der Waals surface area contributed by atoms with E-state index in [9.17, 15) is 28.4 Å². The van der Waals surface area contributed by atoms with Crippen molar-refractivity contribution in [3.05, 3.63) is 102 Å². The van der Waals surface area contributed by atoms with Crippen molar-refractivity contribution in [2.24, 2.45) is 0 Å². The number of imide groups is 2. The largest absolute Gasteiger partial charge is 0.382 e. The second-order valence-corrected chi connectivity index (χ2v) is 16.3. The molecule has 0 bridgehead atoms. The highest BCUT2D eigenvalue weighted by Crippen LogP contribution is 2.36. The number of pyridine rings is 1. The lowest BCUT2D eigenvalue weighted by Crippen LogP contribution is -2.54. The molecule has 4 aliphatic heterocycles. The average Bonchev–Trinajstić information content (AvgIpc) is 4.04. The maximum atomic E-state index is 14.1. The number of rotatable bonds is 17. The number of hydrogen-bond acceptors (Lipinski definition) is 14. The number of piperidine rings is 1. The summed E-state index contributed by atoms with van der Waals surface area (Å²) in [5.41, 5.74) is 4.04. The van der Waals surface area contributed by atoms with Crippen LogP contribution in [0.4, 0.5) is 21.7 Å². The number of halogens is 1. The van der Waals surface area contributed by atoms with E-state index in [1.165, 1.54) is 6.07 Å². The minimum atomic E-state index is -1.03. The molecule has 19 heteroatoms. The molecule has 2 aromatic carbocycles. The Balaban J connectivity index is 0.668. The van der Waals surface area contributed by atoms with Crippen LogP contribution in [0, 0.1) is 5.82 Å². The normalized spacial score (nSPS) is 19.0. The van der Waals surface area contributed by atoms with Gasteiger partial charge in [-0.25, -0.2) is 18.9 Å². The standard InChI is InChI=1S/C46H50FN11O7/c47-31-6-1-5-30(27-31)35-10-4-18-56(35)40-14-13-38-50-28-37(58(38)53-40)33-8-3-11-39(51-33)55-21-19-54(20-22-55)29-42(60)49-17-24-65-26-25-64-23-16-48-34-9-2-7-32-43(34)46(63)57(45(32)62)36-12-15-41(59)52-44(36)61/h1-3,5-9,11,13-14,27-28,35-36,48H,4,10,12,15-26,29H2,(H,49,60)(H,52,59,61). The predicted molar refractivity (Wildman–Crippen MR) is 237 cm³/mol. The van der Waals surface area contributed by atoms with Crippen LogP contribution in [0.2, 0.25) is 0 Å². The van der Waals surface area contributed by atoms with Gasteiger partial charge in [0.05, 0.1) is 62.0 Å². The number of carbonyl (C=O) groups excluding carboxylic acids is 5. The summed E-state index contributed by atoms with van der Waals surface area (Å²) in [7, 11) is 0. The molecule has 0 spiro atoms. The molecule has 0 radical (unpaired) electrons. The number of imidazole rings is 1. The van der Waals surface area contributed by atoms with E-state index < -0.39 is 29.7 Å². The Morgan fingerprint density at radius 1 is 0.815 bits per heavy atom. The summed E-state index contributed by atoms with van der Waals surface area (Å²) in [4.78, 5) is 80.2. The maximum Gasteiger partial charge on any atom is 0.264 e. The SMILES string of the molecule is O=C(CN1CCN(c2cccc(-c3cnc4ccc(N5CCCC5c5cccc(F)c5)nn34)n2)CC1)NCCOCCOCCNc1cccc2c1C(=O)N(C1CCC(=O)NC1=O)C2=O. The van der Waals surface area contributed by atoms with Crippen molar-refractivity contribution in [3.63, 3.8) is 0 Å². The van der Waals surface area contributed by atoms with Gasteiger partial charge in [-0.2, -0.15) is 0 Å². The quantitative estimate of drug-likeness (QED) is 0.0911. The molecule has 5 amide bonds. The van der Waals surface area contributed by atoms with Crippen LogP contribution in [0.1, 0.15) is 58.0 Å². The van der Waals surface area contributed by atoms with Crippen molar-refractivity contribution in [2.75, 3.05) is 93.9 Å². The lowest BCUT2D eigenvalue weighted by atomic mass is 10.0. The molecule has 18 nitrogen and oxygen atoms in total. The summed E-state index contributed by atoms with van der Waals surface area (Å²) in [6.45, 7) is 5.93. The van der Waals surface area contributed by atoms with Gasteiger partial charge < -0.3 is 29.9 Å². The number of amides is 5. The lowest BCUT2D eigenvalue weighted by Gasteiger charge is -2.35. The number of fused-ring (bicyclic) bond motifs is 2. The Bertz CT molecular complexity index is 2600. The summed E-state index contributed by atoms with van der Waals surface area (Å²) in [6, 6.07) is 20.6. The third-order valence-corrected chi connectivity index (χ3v) is 12.2. The number of nitrogens with one attached hydrogen (secondary N) is 3. The topological polar surface area (TPSA) is 196 Å². The van der Waals surface area contributed by atoms with E-state index in [0.29, 0.717) is 77.0 Å². The number of aromatic nitrogens is 4. The molecule has 2 unspecified atom stereocenters. The van der Waals surface area contributed by atoms with Gasteiger partial charge in [-0.3, -0.25) is 39.1 Å². The summed E-state index contributed by atoms with van der Waals surface area (Å²) in [5, 5.41) is 13.3. The number of nitrogens with zero attached hydrogens (tertiary/aromatic N) is 8. The Hall–Kier alpha value is -6.83. The van der Waals surface area contributed by atoms with E-state index in [2.05, 4.69) is 35.6 Å². The van der Waals surface area contributed by atoms with Crippen LogP contribution in [0.5, 0.6) is 0 Å². The zero-order valence-electron chi connectivity index (χ0n) is 35.8. The zero-order chi connectivity index (χ0) is 44.9. The monoisotopic (exact) mass is 887 g/mol. The summed E-state index contributed by atoms with van der Waals surface area (Å²) in [6.07, 6.45) is 3.85. The Labute approximate surface area is 374 Å². The van der Waals surface area contributed by atoms with E-state index >= 15 is 0 Å². The molecule has 3 aromatic heterocycles. The molecule has 3 saturated heterocycles. The molecular formula is C46H50FN11O7. The van der Waals surface area contributed by atoms with E-state index in [1.807, 2.05) is 40.9 Å². The van der Waals surface area contributed by atoms with Crippen LogP contribution in [-0.4, -0.2) is 144 Å². The molecule has 2 atom stereocenters. The fourth-order valence-corrected chi connectivity index (χ4v) is 8.93. The van der Waals surface area contributed by atoms with Gasteiger partial charge in [-0.1, -0.05) is 24.3 Å². The third-order valence-electron chi connectivity index (χ3n) is 12.2. The number of carbonyl (C=O) groups is 5. The minimum Gasteiger partial charge on any atom is -0.382 e. The van der Waals surface area contributed by atoms with Crippen LogP contribution < -0.4 is 25.8 Å². The molecule has 7 heterocycles. The van der Waals surface area contributed by atoms with Gasteiger partial charge in [0.1, 0.15) is 29.2 Å². The third kappa shape index (κ3) is 9.52. The van der Waals surface area contributed by atoms with E-state index in [0.717, 1.165) is 52.9 Å². The van der Waals surface area contributed by atoms with Crippen LogP contribution in [-0.2, 0) is 23.9 Å². The molecule has 3 fully saturated rings. The molecule has 4 aliphatic rings. The van der Waals surface area contributed by atoms with Crippen LogP contribution >= 0.6 is 0 Å². The van der Waals surface area contributed by atoms with Gasteiger partial charge in [0, 0.05) is 57.9 Å². The van der Waals surface area contributed by atoms with Crippen LogP contribution in [0.15, 0.2) is 79.0 Å². The number of ether oxygens (including phenoxy) is 2. The van der Waals surface area contributed by atoms with E-state index in [-0.39, 0.29) is 48.3 Å². The number of hydrogen-bond donors (Lipinski definition) is 3. The summed E-state index contributed by atoms with van der Waals surface area (Å²) < 4.78 is 27.2. The Kier molecular flexibility index (Phi) is 13.0. The fraction of sp³-hybridized carbons (Fsp3) is 0.391. The molecule has 9 rings (SSSR count). The number of anilines is 3. The first-order valence-electron chi connectivity index (χ1n) is 22.0. The van der Waals surface area contributed by atoms with E-state index in [1.54, 1.807) is 36.5 Å². The van der Waals surface area contributed by atoms with Crippen molar-refractivity contribution >= 4 is 52.5 Å². The van der Waals surface area contributed by atoms with E-state index in [4.69, 9.17) is 19.6 Å². The molecule has 5 aromatic rings. The predicted octanol–water partition coefficient (Wildman–Crippen LogP) is 3.06. The van der Waals surface area contributed by atoms with Crippen LogP contribution in [0.3, 0.4) is 0 Å². The smallest absolute Gasteiger partial charge is 0.264 e. The molecule has 0 saturated carbocycles. The summed E-state index contributed by atoms with van der Waals surface area (Å²) in [5.74, 6) is -0.884. The lowest BCUT2D eigenvalue weighted by molar-refractivity contribution is -0.136. The molecule has 338 valence electrons. The maximum absolute atomic E-state index is 14.1. The Morgan fingerprint density at radius 3 is 2.43 bits per heavy atom. The first-order valence-corrected chi connectivity index (χ1v) is 22.0. The number of benzene rings is 2. The second kappa shape index (κ2) is 19.5. The highest BCUT2D eigenvalue weighted by atomic mass is 19.1. The molecule has 65 heavy (non-hydrogen) atoms. The first-order chi connectivity index (χ1) is 31.7. The van der Waals surface area contributed by atoms with Gasteiger partial charge in [-0.05, 0) is 73.4 Å². The molecule has 3 N–H and O–H groups in total. The van der Waals surface area contributed by atoms with Crippen molar-refractivity contribution in [1.29, 1.82) is 0 Å². The second-order valence-electron chi connectivity index (χ2n) is 16.3. The van der Waals surface area contributed by atoms with Crippen LogP contribution in [0.25, 0.3) is 17.0 Å². The van der Waals surface area contributed by atoms with Crippen molar-refractivity contribution in [2.45, 2.75) is 37.8 Å². The fourth-order valence-electron chi connectivity index (χ4n) is 8.93. The Morgan fingerprint density at radius 2 is 1.62 bits per heavy atom. The van der Waals surface area contributed by atoms with Crippen molar-refractivity contribution in [1.82, 2.24) is 40.0 Å². The average molecular weight is 888 g/mol.